The Morgan fingerprint density at radius 1 is 1.26 bits per heavy atom. The number of hydrogen-bond donors (Lipinski definition) is 1. The number of nitrogens with zero attached hydrogens (tertiary/aromatic N) is 1. The minimum atomic E-state index is -4.68. The van der Waals surface area contributed by atoms with E-state index < -0.39 is 30.7 Å². The van der Waals surface area contributed by atoms with Crippen LogP contribution in [0.5, 0.6) is 0 Å². The number of aliphatic imine (C=N–C) groups is 1. The Morgan fingerprint density at radius 2 is 1.84 bits per heavy atom. The van der Waals surface area contributed by atoms with Gasteiger partial charge in [-0.3, -0.25) is 9.79 Å². The van der Waals surface area contributed by atoms with Gasteiger partial charge in [-0.05, 0) is 24.3 Å². The van der Waals surface area contributed by atoms with E-state index in [-0.39, 0.29) is 12.1 Å². The maximum atomic E-state index is 12.6. The maximum Gasteiger partial charge on any atom is 0.429 e. The van der Waals surface area contributed by atoms with E-state index in [4.69, 9.17) is 16.7 Å². The molecule has 0 atom stereocenters. The van der Waals surface area contributed by atoms with E-state index in [1.54, 1.807) is 0 Å². The van der Waals surface area contributed by atoms with Crippen molar-refractivity contribution >= 4 is 23.1 Å². The molecule has 0 heterocycles. The SMILES string of the molecule is O=C(CC(=NCCO)C(F)(F)F)c1ccc(Cl)cc1. The second-order valence-corrected chi connectivity index (χ2v) is 4.09. The number of aliphatic hydroxyl groups excluding tert-OH is 1. The van der Waals surface area contributed by atoms with Crippen LogP contribution in [0.15, 0.2) is 29.3 Å². The summed E-state index contributed by atoms with van der Waals surface area (Å²) in [6, 6.07) is 5.55. The molecule has 0 spiro atoms. The van der Waals surface area contributed by atoms with Gasteiger partial charge in [-0.2, -0.15) is 13.2 Å². The van der Waals surface area contributed by atoms with Crippen LogP contribution in [0, 0.1) is 0 Å². The summed E-state index contributed by atoms with van der Waals surface area (Å²) in [5.41, 5.74) is -1.06. The lowest BCUT2D eigenvalue weighted by Gasteiger charge is -2.10. The van der Waals surface area contributed by atoms with Crippen LogP contribution in [-0.2, 0) is 0 Å². The smallest absolute Gasteiger partial charge is 0.394 e. The number of halogens is 4. The fourth-order valence-corrected chi connectivity index (χ4v) is 1.45. The number of carbonyl (C=O) groups excluding carboxylic acids is 1. The van der Waals surface area contributed by atoms with Crippen molar-refractivity contribution in [1.82, 2.24) is 0 Å². The lowest BCUT2D eigenvalue weighted by atomic mass is 10.1. The van der Waals surface area contributed by atoms with E-state index >= 15 is 0 Å². The van der Waals surface area contributed by atoms with Crippen LogP contribution in [0.4, 0.5) is 13.2 Å². The Balaban J connectivity index is 2.85. The number of carbonyl (C=O) groups is 1. The van der Waals surface area contributed by atoms with E-state index in [0.29, 0.717) is 5.02 Å². The molecule has 1 rings (SSSR count). The lowest BCUT2D eigenvalue weighted by molar-refractivity contribution is -0.0604. The molecule has 0 aliphatic carbocycles. The average molecular weight is 294 g/mol. The monoisotopic (exact) mass is 293 g/mol. The van der Waals surface area contributed by atoms with Crippen molar-refractivity contribution < 1.29 is 23.1 Å². The van der Waals surface area contributed by atoms with Crippen LogP contribution in [0.2, 0.25) is 5.02 Å². The van der Waals surface area contributed by atoms with Crippen LogP contribution in [-0.4, -0.2) is 35.9 Å². The predicted molar refractivity (Wildman–Crippen MR) is 65.8 cm³/mol. The van der Waals surface area contributed by atoms with Crippen molar-refractivity contribution in [3.05, 3.63) is 34.9 Å². The first kappa shape index (κ1) is 15.7. The summed E-state index contributed by atoms with van der Waals surface area (Å²) in [5, 5.41) is 8.88. The van der Waals surface area contributed by atoms with Gasteiger partial charge in [0.25, 0.3) is 0 Å². The largest absolute Gasteiger partial charge is 0.429 e. The fraction of sp³-hybridized carbons (Fsp3) is 0.333. The number of benzene rings is 1. The lowest BCUT2D eigenvalue weighted by Crippen LogP contribution is -2.26. The first-order valence-corrected chi connectivity index (χ1v) is 5.72. The van der Waals surface area contributed by atoms with Gasteiger partial charge in [-0.1, -0.05) is 11.6 Å². The summed E-state index contributed by atoms with van der Waals surface area (Å²) in [5.74, 6) is -0.703. The van der Waals surface area contributed by atoms with Gasteiger partial charge in [0.05, 0.1) is 19.6 Å². The second-order valence-electron chi connectivity index (χ2n) is 3.66. The van der Waals surface area contributed by atoms with Gasteiger partial charge >= 0.3 is 6.18 Å². The molecule has 1 N–H and O–H groups in total. The highest BCUT2D eigenvalue weighted by atomic mass is 35.5. The molecule has 0 saturated heterocycles. The molecule has 1 aromatic rings. The highest BCUT2D eigenvalue weighted by Gasteiger charge is 2.36. The molecule has 19 heavy (non-hydrogen) atoms. The van der Waals surface area contributed by atoms with Gasteiger partial charge in [-0.15, -0.1) is 0 Å². The van der Waals surface area contributed by atoms with E-state index in [1.807, 2.05) is 0 Å². The third kappa shape index (κ3) is 5.00. The molecule has 0 fully saturated rings. The van der Waals surface area contributed by atoms with Crippen molar-refractivity contribution in [1.29, 1.82) is 0 Å². The number of rotatable bonds is 5. The number of aliphatic hydroxyl groups is 1. The van der Waals surface area contributed by atoms with E-state index in [9.17, 15) is 18.0 Å². The van der Waals surface area contributed by atoms with E-state index in [0.717, 1.165) is 0 Å². The number of ketones is 1. The van der Waals surface area contributed by atoms with Crippen LogP contribution >= 0.6 is 11.6 Å². The molecule has 0 amide bonds. The summed E-state index contributed by atoms with van der Waals surface area (Å²) in [4.78, 5) is 14.9. The summed E-state index contributed by atoms with van der Waals surface area (Å²) >= 11 is 5.62. The zero-order valence-corrected chi connectivity index (χ0v) is 10.5. The predicted octanol–water partition coefficient (Wildman–Crippen LogP) is 2.91. The summed E-state index contributed by atoms with van der Waals surface area (Å²) in [7, 11) is 0. The number of hydrogen-bond acceptors (Lipinski definition) is 3. The third-order valence-electron chi connectivity index (χ3n) is 2.22. The van der Waals surface area contributed by atoms with Crippen LogP contribution in [0.25, 0.3) is 0 Å². The molecule has 3 nitrogen and oxygen atoms in total. The van der Waals surface area contributed by atoms with Gasteiger partial charge in [0.2, 0.25) is 0 Å². The molecule has 0 unspecified atom stereocenters. The van der Waals surface area contributed by atoms with Crippen molar-refractivity contribution in [3.63, 3.8) is 0 Å². The second kappa shape index (κ2) is 6.68. The number of Topliss-reactive ketones (excluding diaryl/α,β-unsaturated/α-hetero) is 1. The quantitative estimate of drug-likeness (QED) is 0.670. The normalized spacial score (nSPS) is 12.6. The molecule has 0 aliphatic rings. The van der Waals surface area contributed by atoms with Crippen molar-refractivity contribution in [2.75, 3.05) is 13.2 Å². The fourth-order valence-electron chi connectivity index (χ4n) is 1.32. The van der Waals surface area contributed by atoms with Gasteiger partial charge < -0.3 is 5.11 Å². The van der Waals surface area contributed by atoms with Gasteiger partial charge in [0, 0.05) is 10.6 Å². The molecule has 104 valence electrons. The summed E-state index contributed by atoms with van der Waals surface area (Å²) in [6.07, 6.45) is -5.54. The molecular weight excluding hydrogens is 283 g/mol. The topological polar surface area (TPSA) is 49.7 Å². The Morgan fingerprint density at radius 3 is 2.32 bits per heavy atom. The zero-order valence-electron chi connectivity index (χ0n) is 9.75. The Kier molecular flexibility index (Phi) is 5.50. The van der Waals surface area contributed by atoms with Gasteiger partial charge in [-0.25, -0.2) is 0 Å². The standard InChI is InChI=1S/C12H11ClF3NO2/c13-9-3-1-8(2-4-9)10(19)7-11(12(14,15)16)17-5-6-18/h1-4,18H,5-7H2. The number of alkyl halides is 3. The van der Waals surface area contributed by atoms with Crippen LogP contribution in [0.3, 0.4) is 0 Å². The zero-order chi connectivity index (χ0) is 14.5. The summed E-state index contributed by atoms with van der Waals surface area (Å²) in [6.45, 7) is -0.891. The minimum absolute atomic E-state index is 0.130. The van der Waals surface area contributed by atoms with Crippen molar-refractivity contribution in [2.24, 2.45) is 4.99 Å². The maximum absolute atomic E-state index is 12.6. The molecule has 0 aliphatic heterocycles. The van der Waals surface area contributed by atoms with E-state index in [1.165, 1.54) is 24.3 Å². The molecular formula is C12H11ClF3NO2. The Bertz CT molecular complexity index is 469. The Labute approximate surface area is 112 Å². The van der Waals surface area contributed by atoms with Crippen molar-refractivity contribution in [3.8, 4) is 0 Å². The van der Waals surface area contributed by atoms with Gasteiger partial charge in [0.15, 0.2) is 5.78 Å². The van der Waals surface area contributed by atoms with Crippen LogP contribution < -0.4 is 0 Å². The summed E-state index contributed by atoms with van der Waals surface area (Å²) < 4.78 is 37.8. The van der Waals surface area contributed by atoms with Gasteiger partial charge in [0.1, 0.15) is 5.71 Å². The van der Waals surface area contributed by atoms with Crippen molar-refractivity contribution in [2.45, 2.75) is 12.6 Å². The molecule has 0 bridgehead atoms. The third-order valence-corrected chi connectivity index (χ3v) is 2.48. The molecule has 7 heteroatoms. The minimum Gasteiger partial charge on any atom is -0.394 e. The average Bonchev–Trinajstić information content (AvgIpc) is 2.33. The first-order chi connectivity index (χ1) is 8.84. The van der Waals surface area contributed by atoms with E-state index in [2.05, 4.69) is 4.99 Å². The van der Waals surface area contributed by atoms with Crippen LogP contribution in [0.1, 0.15) is 16.8 Å². The molecule has 0 saturated carbocycles. The highest BCUT2D eigenvalue weighted by Crippen LogP contribution is 2.21. The molecule has 0 aromatic heterocycles. The first-order valence-electron chi connectivity index (χ1n) is 5.34. The Hall–Kier alpha value is -1.40. The molecule has 0 radical (unpaired) electrons. The molecule has 1 aromatic carbocycles. The highest BCUT2D eigenvalue weighted by molar-refractivity contribution is 6.30.